The molecule has 21 heavy (non-hydrogen) atoms. The lowest BCUT2D eigenvalue weighted by atomic mass is 10.1. The lowest BCUT2D eigenvalue weighted by Gasteiger charge is -2.08. The van der Waals surface area contributed by atoms with Gasteiger partial charge in [-0.2, -0.15) is 0 Å². The Morgan fingerprint density at radius 1 is 1.43 bits per heavy atom. The van der Waals surface area contributed by atoms with Crippen molar-refractivity contribution in [2.75, 3.05) is 0 Å². The number of hydrogen-bond acceptors (Lipinski definition) is 5. The molecule has 1 aromatic heterocycles. The summed E-state index contributed by atoms with van der Waals surface area (Å²) in [5.41, 5.74) is 0.399. The first-order chi connectivity index (χ1) is 10.0. The smallest absolute Gasteiger partial charge is 0.341 e. The van der Waals surface area contributed by atoms with Crippen LogP contribution in [0.15, 0.2) is 36.5 Å². The predicted octanol–water partition coefficient (Wildman–Crippen LogP) is 3.04. The molecule has 0 aliphatic carbocycles. The van der Waals surface area contributed by atoms with Crippen LogP contribution in [-0.4, -0.2) is 21.0 Å². The molecule has 0 fully saturated rings. The summed E-state index contributed by atoms with van der Waals surface area (Å²) in [6.45, 7) is 1.88. The Morgan fingerprint density at radius 2 is 2.19 bits per heavy atom. The second-order valence-corrected chi connectivity index (χ2v) is 4.18. The first-order valence-electron chi connectivity index (χ1n) is 6.16. The van der Waals surface area contributed by atoms with Crippen LogP contribution < -0.4 is 4.74 Å². The SMILES string of the molecule is CCc1ccc(Oc2ncccc2C(=O)O)c([N+](=O)[O-])c1. The number of nitro benzene ring substituents is 1. The van der Waals surface area contributed by atoms with Gasteiger partial charge in [-0.25, -0.2) is 9.78 Å². The minimum atomic E-state index is -1.22. The Kier molecular flexibility index (Phi) is 4.13. The van der Waals surface area contributed by atoms with Crippen molar-refractivity contribution >= 4 is 11.7 Å². The zero-order valence-electron chi connectivity index (χ0n) is 11.1. The fourth-order valence-corrected chi connectivity index (χ4v) is 1.75. The number of nitrogens with zero attached hydrogens (tertiary/aromatic N) is 2. The van der Waals surface area contributed by atoms with Crippen molar-refractivity contribution in [1.29, 1.82) is 0 Å². The van der Waals surface area contributed by atoms with E-state index in [9.17, 15) is 14.9 Å². The second-order valence-electron chi connectivity index (χ2n) is 4.18. The Hall–Kier alpha value is -2.96. The van der Waals surface area contributed by atoms with Crippen LogP contribution in [0, 0.1) is 10.1 Å². The van der Waals surface area contributed by atoms with Crippen LogP contribution in [0.3, 0.4) is 0 Å². The maximum atomic E-state index is 11.1. The highest BCUT2D eigenvalue weighted by Crippen LogP contribution is 2.32. The molecule has 0 amide bonds. The number of ether oxygens (including phenoxy) is 1. The van der Waals surface area contributed by atoms with Gasteiger partial charge in [0.15, 0.2) is 0 Å². The van der Waals surface area contributed by atoms with Crippen molar-refractivity contribution in [2.45, 2.75) is 13.3 Å². The van der Waals surface area contributed by atoms with E-state index in [2.05, 4.69) is 4.98 Å². The number of pyridine rings is 1. The van der Waals surface area contributed by atoms with Gasteiger partial charge in [-0.1, -0.05) is 13.0 Å². The number of aromatic carboxylic acids is 1. The highest BCUT2D eigenvalue weighted by Gasteiger charge is 2.20. The van der Waals surface area contributed by atoms with Gasteiger partial charge in [0.05, 0.1) is 4.92 Å². The molecule has 0 saturated heterocycles. The molecule has 0 saturated carbocycles. The van der Waals surface area contributed by atoms with Crippen molar-refractivity contribution in [1.82, 2.24) is 4.98 Å². The predicted molar refractivity (Wildman–Crippen MR) is 73.7 cm³/mol. The van der Waals surface area contributed by atoms with Crippen LogP contribution >= 0.6 is 0 Å². The third-order valence-electron chi connectivity index (χ3n) is 2.84. The molecule has 1 N–H and O–H groups in total. The Labute approximate surface area is 120 Å². The Morgan fingerprint density at radius 3 is 2.81 bits per heavy atom. The van der Waals surface area contributed by atoms with Crippen LogP contribution in [-0.2, 0) is 6.42 Å². The van der Waals surface area contributed by atoms with E-state index in [0.717, 1.165) is 5.56 Å². The van der Waals surface area contributed by atoms with Crippen molar-refractivity contribution in [3.8, 4) is 11.6 Å². The third-order valence-corrected chi connectivity index (χ3v) is 2.84. The molecule has 2 aromatic rings. The molecule has 7 nitrogen and oxygen atoms in total. The van der Waals surface area contributed by atoms with Crippen molar-refractivity contribution < 1.29 is 19.6 Å². The Bertz CT molecular complexity index is 700. The van der Waals surface area contributed by atoms with Gasteiger partial charge < -0.3 is 9.84 Å². The van der Waals surface area contributed by atoms with Crippen LogP contribution in [0.1, 0.15) is 22.8 Å². The van der Waals surface area contributed by atoms with E-state index >= 15 is 0 Å². The second kappa shape index (κ2) is 6.00. The number of carboxylic acid groups (broad SMARTS) is 1. The van der Waals surface area contributed by atoms with E-state index in [-0.39, 0.29) is 22.9 Å². The average molecular weight is 288 g/mol. The minimum absolute atomic E-state index is 0.0431. The number of rotatable bonds is 5. The van der Waals surface area contributed by atoms with Crippen LogP contribution in [0.2, 0.25) is 0 Å². The van der Waals surface area contributed by atoms with Gasteiger partial charge in [-0.15, -0.1) is 0 Å². The lowest BCUT2D eigenvalue weighted by Crippen LogP contribution is -2.03. The highest BCUT2D eigenvalue weighted by molar-refractivity contribution is 5.90. The standard InChI is InChI=1S/C14H12N2O5/c1-2-9-5-6-12(11(8-9)16(19)20)21-13-10(14(17)18)4-3-7-15-13/h3-8H,2H2,1H3,(H,17,18). The maximum absolute atomic E-state index is 11.1. The summed E-state index contributed by atoms with van der Waals surface area (Å²) in [5.74, 6) is -1.44. The van der Waals surface area contributed by atoms with E-state index in [0.29, 0.717) is 6.42 Å². The summed E-state index contributed by atoms with van der Waals surface area (Å²) in [7, 11) is 0. The van der Waals surface area contributed by atoms with Gasteiger partial charge in [0.25, 0.3) is 0 Å². The summed E-state index contributed by atoms with van der Waals surface area (Å²) >= 11 is 0. The zero-order chi connectivity index (χ0) is 15.4. The largest absolute Gasteiger partial charge is 0.477 e. The number of carbonyl (C=O) groups is 1. The van der Waals surface area contributed by atoms with Crippen LogP contribution in [0.25, 0.3) is 0 Å². The molecule has 108 valence electrons. The van der Waals surface area contributed by atoms with Crippen molar-refractivity contribution in [2.24, 2.45) is 0 Å². The topological polar surface area (TPSA) is 103 Å². The molecule has 0 radical (unpaired) electrons. The first-order valence-corrected chi connectivity index (χ1v) is 6.16. The molecule has 1 aromatic carbocycles. The summed E-state index contributed by atoms with van der Waals surface area (Å²) in [5, 5.41) is 20.1. The minimum Gasteiger partial charge on any atom is -0.477 e. The fraction of sp³-hybridized carbons (Fsp3) is 0.143. The van der Waals surface area contributed by atoms with Gasteiger partial charge in [0, 0.05) is 12.3 Å². The van der Waals surface area contributed by atoms with E-state index in [1.165, 1.54) is 30.5 Å². The summed E-state index contributed by atoms with van der Waals surface area (Å²) in [4.78, 5) is 25.4. The molecule has 0 unspecified atom stereocenters. The number of carboxylic acids is 1. The molecule has 1 heterocycles. The van der Waals surface area contributed by atoms with E-state index < -0.39 is 10.9 Å². The normalized spacial score (nSPS) is 10.1. The van der Waals surface area contributed by atoms with Gasteiger partial charge in [-0.3, -0.25) is 10.1 Å². The van der Waals surface area contributed by atoms with E-state index in [1.54, 1.807) is 6.07 Å². The summed E-state index contributed by atoms with van der Waals surface area (Å²) < 4.78 is 5.33. The molecule has 0 aliphatic heterocycles. The molecular formula is C14H12N2O5. The van der Waals surface area contributed by atoms with Gasteiger partial charge in [0.2, 0.25) is 11.6 Å². The third kappa shape index (κ3) is 3.14. The average Bonchev–Trinajstić information content (AvgIpc) is 2.47. The number of aryl methyl sites for hydroxylation is 1. The van der Waals surface area contributed by atoms with Gasteiger partial charge in [-0.05, 0) is 30.2 Å². The maximum Gasteiger partial charge on any atom is 0.341 e. The molecule has 0 aliphatic rings. The van der Waals surface area contributed by atoms with Crippen LogP contribution in [0.5, 0.6) is 11.6 Å². The monoisotopic (exact) mass is 288 g/mol. The van der Waals surface area contributed by atoms with Crippen LogP contribution in [0.4, 0.5) is 5.69 Å². The molecule has 2 rings (SSSR count). The first kappa shape index (κ1) is 14.4. The molecule has 7 heteroatoms. The van der Waals surface area contributed by atoms with E-state index in [4.69, 9.17) is 9.84 Å². The highest BCUT2D eigenvalue weighted by atomic mass is 16.6. The number of hydrogen-bond donors (Lipinski definition) is 1. The lowest BCUT2D eigenvalue weighted by molar-refractivity contribution is -0.385. The number of nitro groups is 1. The summed E-state index contributed by atoms with van der Waals surface area (Å²) in [6.07, 6.45) is 2.00. The molecule has 0 spiro atoms. The Balaban J connectivity index is 2.45. The molecular weight excluding hydrogens is 276 g/mol. The quantitative estimate of drug-likeness (QED) is 0.670. The fourth-order valence-electron chi connectivity index (χ4n) is 1.75. The molecule has 0 atom stereocenters. The number of aromatic nitrogens is 1. The zero-order valence-corrected chi connectivity index (χ0v) is 11.1. The van der Waals surface area contributed by atoms with Gasteiger partial charge >= 0.3 is 11.7 Å². The summed E-state index contributed by atoms with van der Waals surface area (Å²) in [6, 6.07) is 7.30. The molecule has 0 bridgehead atoms. The number of benzene rings is 1. The van der Waals surface area contributed by atoms with Gasteiger partial charge in [0.1, 0.15) is 5.56 Å². The van der Waals surface area contributed by atoms with E-state index in [1.807, 2.05) is 6.92 Å². The van der Waals surface area contributed by atoms with Crippen molar-refractivity contribution in [3.63, 3.8) is 0 Å². The van der Waals surface area contributed by atoms with Crippen molar-refractivity contribution in [3.05, 3.63) is 57.8 Å².